The van der Waals surface area contributed by atoms with Gasteiger partial charge in [0.1, 0.15) is 0 Å². The van der Waals surface area contributed by atoms with Crippen molar-refractivity contribution in [2.75, 3.05) is 11.6 Å². The van der Waals surface area contributed by atoms with E-state index in [2.05, 4.69) is 4.98 Å². The van der Waals surface area contributed by atoms with E-state index in [9.17, 15) is 13.2 Å². The van der Waals surface area contributed by atoms with Crippen molar-refractivity contribution in [3.8, 4) is 0 Å². The van der Waals surface area contributed by atoms with Crippen LogP contribution in [0.15, 0.2) is 22.2 Å². The van der Waals surface area contributed by atoms with Crippen LogP contribution in [0.3, 0.4) is 0 Å². The molecule has 0 aliphatic heterocycles. The summed E-state index contributed by atoms with van der Waals surface area (Å²) in [4.78, 5) is 14.9. The molecule has 0 saturated heterocycles. The highest BCUT2D eigenvalue weighted by molar-refractivity contribution is 7.91. The lowest BCUT2D eigenvalue weighted by Gasteiger charge is -2.01. The van der Waals surface area contributed by atoms with Crippen molar-refractivity contribution in [2.45, 2.75) is 5.03 Å². The molecule has 5 nitrogen and oxygen atoms in total. The van der Waals surface area contributed by atoms with Gasteiger partial charge in [0, 0.05) is 25.3 Å². The molecule has 7 heteroatoms. The normalized spacial score (nSPS) is 11.6. The molecule has 0 aliphatic rings. The Morgan fingerprint density at radius 1 is 1.57 bits per heavy atom. The second-order valence-corrected chi connectivity index (χ2v) is 5.06. The Balaban J connectivity index is 3.34. The highest BCUT2D eigenvalue weighted by atomic mass is 35.5. The van der Waals surface area contributed by atoms with Crippen LogP contribution < -0.4 is 5.56 Å². The first-order chi connectivity index (χ1) is 6.49. The highest BCUT2D eigenvalue weighted by Crippen LogP contribution is 2.01. The largest absolute Gasteiger partial charge is 0.315 e. The fourth-order valence-electron chi connectivity index (χ4n) is 0.886. The summed E-state index contributed by atoms with van der Waals surface area (Å²) < 4.78 is 24.1. The average molecular weight is 237 g/mol. The van der Waals surface area contributed by atoms with E-state index >= 15 is 0 Å². The SMILES string of the molecule is Cn1ccnc(S(=O)(=O)CCCl)c1=O. The monoisotopic (exact) mass is 236 g/mol. The molecular formula is C7H9ClN2O3S. The molecule has 1 rings (SSSR count). The van der Waals surface area contributed by atoms with Gasteiger partial charge in [0.25, 0.3) is 5.56 Å². The molecule has 0 bridgehead atoms. The second kappa shape index (κ2) is 4.10. The molecule has 0 aliphatic carbocycles. The molecule has 0 saturated carbocycles. The number of nitrogens with zero attached hydrogens (tertiary/aromatic N) is 2. The van der Waals surface area contributed by atoms with Gasteiger partial charge in [-0.2, -0.15) is 0 Å². The first-order valence-corrected chi connectivity index (χ1v) is 5.98. The maximum absolute atomic E-state index is 11.4. The van der Waals surface area contributed by atoms with Gasteiger partial charge in [0.05, 0.1) is 5.75 Å². The molecule has 0 radical (unpaired) electrons. The molecule has 0 unspecified atom stereocenters. The van der Waals surface area contributed by atoms with E-state index in [0.29, 0.717) is 0 Å². The van der Waals surface area contributed by atoms with Crippen LogP contribution in [0.25, 0.3) is 0 Å². The first kappa shape index (κ1) is 11.2. The van der Waals surface area contributed by atoms with E-state index in [1.54, 1.807) is 0 Å². The number of hydrogen-bond donors (Lipinski definition) is 0. The minimum absolute atomic E-state index is 0.0535. The quantitative estimate of drug-likeness (QED) is 0.682. The number of aryl methyl sites for hydroxylation is 1. The van der Waals surface area contributed by atoms with Crippen LogP contribution in [-0.4, -0.2) is 29.6 Å². The number of halogens is 1. The summed E-state index contributed by atoms with van der Waals surface area (Å²) in [7, 11) is -2.18. The number of aromatic nitrogens is 2. The van der Waals surface area contributed by atoms with E-state index in [1.807, 2.05) is 0 Å². The Labute approximate surface area is 86.3 Å². The highest BCUT2D eigenvalue weighted by Gasteiger charge is 2.19. The van der Waals surface area contributed by atoms with Crippen LogP contribution >= 0.6 is 11.6 Å². The van der Waals surface area contributed by atoms with Gasteiger partial charge in [-0.3, -0.25) is 4.79 Å². The van der Waals surface area contributed by atoms with Crippen molar-refractivity contribution in [3.63, 3.8) is 0 Å². The fourth-order valence-corrected chi connectivity index (χ4v) is 2.52. The van der Waals surface area contributed by atoms with Gasteiger partial charge in [-0.25, -0.2) is 13.4 Å². The average Bonchev–Trinajstić information content (AvgIpc) is 2.09. The summed E-state index contributed by atoms with van der Waals surface area (Å²) >= 11 is 5.31. The fraction of sp³-hybridized carbons (Fsp3) is 0.429. The van der Waals surface area contributed by atoms with Crippen molar-refractivity contribution in [2.24, 2.45) is 7.05 Å². The summed E-state index contributed by atoms with van der Waals surface area (Å²) in [5, 5.41) is -0.442. The number of alkyl halides is 1. The topological polar surface area (TPSA) is 69.0 Å². The lowest BCUT2D eigenvalue weighted by atomic mass is 10.7. The molecule has 1 aromatic rings. The molecule has 0 N–H and O–H groups in total. The van der Waals surface area contributed by atoms with Crippen LogP contribution in [-0.2, 0) is 16.9 Å². The molecule has 14 heavy (non-hydrogen) atoms. The van der Waals surface area contributed by atoms with Crippen LogP contribution in [0.2, 0.25) is 0 Å². The van der Waals surface area contributed by atoms with Gasteiger partial charge in [-0.1, -0.05) is 0 Å². The smallest absolute Gasteiger partial charge is 0.288 e. The molecule has 0 spiro atoms. The van der Waals surface area contributed by atoms with Crippen LogP contribution in [0.1, 0.15) is 0 Å². The second-order valence-electron chi connectivity index (χ2n) is 2.66. The minimum atomic E-state index is -3.64. The van der Waals surface area contributed by atoms with Crippen molar-refractivity contribution >= 4 is 21.4 Å². The Bertz CT molecular complexity index is 480. The van der Waals surface area contributed by atoms with E-state index in [-0.39, 0.29) is 11.6 Å². The minimum Gasteiger partial charge on any atom is -0.315 e. The number of sulfone groups is 1. The summed E-state index contributed by atoms with van der Waals surface area (Å²) in [5.41, 5.74) is -0.627. The van der Waals surface area contributed by atoms with Crippen molar-refractivity contribution in [3.05, 3.63) is 22.7 Å². The molecule has 78 valence electrons. The van der Waals surface area contributed by atoms with Crippen molar-refractivity contribution in [1.29, 1.82) is 0 Å². The maximum atomic E-state index is 11.4. The Morgan fingerprint density at radius 2 is 2.21 bits per heavy atom. The van der Waals surface area contributed by atoms with Crippen molar-refractivity contribution < 1.29 is 8.42 Å². The van der Waals surface area contributed by atoms with Gasteiger partial charge < -0.3 is 4.57 Å². The van der Waals surface area contributed by atoms with E-state index in [0.717, 1.165) is 4.57 Å². The number of rotatable bonds is 3. The van der Waals surface area contributed by atoms with E-state index in [4.69, 9.17) is 11.6 Å². The number of hydrogen-bond acceptors (Lipinski definition) is 4. The summed E-state index contributed by atoms with van der Waals surface area (Å²) in [6, 6.07) is 0. The van der Waals surface area contributed by atoms with Crippen LogP contribution in [0.4, 0.5) is 0 Å². The summed E-state index contributed by atoms with van der Waals surface area (Å²) in [5.74, 6) is -0.330. The van der Waals surface area contributed by atoms with Gasteiger partial charge in [-0.15, -0.1) is 11.6 Å². The third-order valence-electron chi connectivity index (χ3n) is 1.63. The third kappa shape index (κ3) is 2.13. The lowest BCUT2D eigenvalue weighted by molar-refractivity contribution is 0.589. The third-order valence-corrected chi connectivity index (χ3v) is 3.65. The molecule has 0 fully saturated rings. The Hall–Kier alpha value is -0.880. The van der Waals surface area contributed by atoms with Crippen molar-refractivity contribution in [1.82, 2.24) is 9.55 Å². The van der Waals surface area contributed by atoms with Gasteiger partial charge in [0.15, 0.2) is 0 Å². The molecule has 0 aromatic carbocycles. The van der Waals surface area contributed by atoms with Gasteiger partial charge in [-0.05, 0) is 0 Å². The van der Waals surface area contributed by atoms with Gasteiger partial charge in [0.2, 0.25) is 14.9 Å². The molecule has 1 heterocycles. The zero-order chi connectivity index (χ0) is 10.8. The standard InChI is InChI=1S/C7H9ClN2O3S/c1-10-4-3-9-6(7(10)11)14(12,13)5-2-8/h3-4H,2,5H2,1H3. The maximum Gasteiger partial charge on any atom is 0.288 e. The lowest BCUT2D eigenvalue weighted by Crippen LogP contribution is -2.26. The Morgan fingerprint density at radius 3 is 2.79 bits per heavy atom. The Kier molecular flexibility index (Phi) is 3.28. The van der Waals surface area contributed by atoms with Crippen LogP contribution in [0.5, 0.6) is 0 Å². The molecule has 0 amide bonds. The predicted octanol–water partition coefficient (Wildman–Crippen LogP) is -0.207. The molecule has 0 atom stereocenters. The van der Waals surface area contributed by atoms with E-state index in [1.165, 1.54) is 19.4 Å². The first-order valence-electron chi connectivity index (χ1n) is 3.79. The molecule has 1 aromatic heterocycles. The van der Waals surface area contributed by atoms with E-state index < -0.39 is 20.4 Å². The predicted molar refractivity (Wildman–Crippen MR) is 52.3 cm³/mol. The zero-order valence-corrected chi connectivity index (χ0v) is 9.05. The zero-order valence-electron chi connectivity index (χ0n) is 7.47. The summed E-state index contributed by atoms with van der Waals surface area (Å²) in [6.45, 7) is 0. The van der Waals surface area contributed by atoms with Crippen LogP contribution in [0, 0.1) is 0 Å². The molecular weight excluding hydrogens is 228 g/mol. The summed E-state index contributed by atoms with van der Waals surface area (Å²) in [6.07, 6.45) is 2.66. The van der Waals surface area contributed by atoms with Gasteiger partial charge >= 0.3 is 0 Å².